The Morgan fingerprint density at radius 1 is 1.17 bits per heavy atom. The number of carbonyl (C=O) groups is 1. The van der Waals surface area contributed by atoms with E-state index < -0.39 is 5.97 Å². The number of hydrogen-bond donors (Lipinski definition) is 1. The predicted molar refractivity (Wildman–Crippen MR) is 91.3 cm³/mol. The van der Waals surface area contributed by atoms with E-state index in [9.17, 15) is 4.79 Å². The first-order valence-electron chi connectivity index (χ1n) is 9.58. The summed E-state index contributed by atoms with van der Waals surface area (Å²) in [5, 5.41) is 9.08. The SMILES string of the molecule is CC(C)(C)O[C@H]1CC[C@H]2[C@@H]3CC[C@H](CC(=O)O)C[C@H]3CC[C@]12C. The van der Waals surface area contributed by atoms with Gasteiger partial charge in [0.25, 0.3) is 0 Å². The Hall–Kier alpha value is -0.570. The van der Waals surface area contributed by atoms with Gasteiger partial charge >= 0.3 is 5.97 Å². The number of aliphatic carboxylic acids is 1. The quantitative estimate of drug-likeness (QED) is 0.805. The first-order valence-corrected chi connectivity index (χ1v) is 9.58. The summed E-state index contributed by atoms with van der Waals surface area (Å²) in [6, 6.07) is 0. The molecule has 0 aromatic carbocycles. The van der Waals surface area contributed by atoms with Crippen LogP contribution in [-0.2, 0) is 9.53 Å². The zero-order chi connectivity index (χ0) is 16.8. The fourth-order valence-electron chi connectivity index (χ4n) is 6.07. The molecular formula is C20H34O3. The second-order valence-corrected chi connectivity index (χ2v) is 9.65. The predicted octanol–water partition coefficient (Wildman–Crippen LogP) is 4.89. The average molecular weight is 322 g/mol. The van der Waals surface area contributed by atoms with Gasteiger partial charge < -0.3 is 9.84 Å². The molecule has 3 heteroatoms. The lowest BCUT2D eigenvalue weighted by Crippen LogP contribution is -2.47. The van der Waals surface area contributed by atoms with Gasteiger partial charge in [0.15, 0.2) is 0 Å². The summed E-state index contributed by atoms with van der Waals surface area (Å²) in [7, 11) is 0. The monoisotopic (exact) mass is 322 g/mol. The minimum Gasteiger partial charge on any atom is -0.481 e. The minimum atomic E-state index is -0.617. The number of ether oxygens (including phenoxy) is 1. The number of carboxylic acids is 1. The maximum Gasteiger partial charge on any atom is 0.303 e. The number of carboxylic acid groups (broad SMARTS) is 1. The molecule has 0 aliphatic heterocycles. The minimum absolute atomic E-state index is 0.0570. The van der Waals surface area contributed by atoms with Crippen molar-refractivity contribution in [3.8, 4) is 0 Å². The summed E-state index contributed by atoms with van der Waals surface area (Å²) >= 11 is 0. The van der Waals surface area contributed by atoms with Crippen LogP contribution in [0.15, 0.2) is 0 Å². The lowest BCUT2D eigenvalue weighted by Gasteiger charge is -2.52. The van der Waals surface area contributed by atoms with Gasteiger partial charge in [0, 0.05) is 6.42 Å². The summed E-state index contributed by atoms with van der Waals surface area (Å²) in [4.78, 5) is 11.0. The van der Waals surface area contributed by atoms with Gasteiger partial charge in [-0.15, -0.1) is 0 Å². The van der Waals surface area contributed by atoms with Crippen molar-refractivity contribution in [2.75, 3.05) is 0 Å². The third kappa shape index (κ3) is 3.45. The summed E-state index contributed by atoms with van der Waals surface area (Å²) in [5.41, 5.74) is 0.284. The first-order chi connectivity index (χ1) is 10.7. The highest BCUT2D eigenvalue weighted by Gasteiger charge is 2.55. The zero-order valence-electron chi connectivity index (χ0n) is 15.3. The molecule has 0 radical (unpaired) electrons. The average Bonchev–Trinajstić information content (AvgIpc) is 2.74. The Morgan fingerprint density at radius 2 is 1.91 bits per heavy atom. The van der Waals surface area contributed by atoms with Gasteiger partial charge in [-0.1, -0.05) is 6.92 Å². The molecule has 3 saturated carbocycles. The van der Waals surface area contributed by atoms with Crippen LogP contribution in [-0.4, -0.2) is 22.8 Å². The first kappa shape index (κ1) is 17.3. The molecule has 0 amide bonds. The molecule has 3 aliphatic rings. The number of fused-ring (bicyclic) bond motifs is 3. The van der Waals surface area contributed by atoms with Gasteiger partial charge in [0.05, 0.1) is 11.7 Å². The molecule has 3 rings (SSSR count). The highest BCUT2D eigenvalue weighted by molar-refractivity contribution is 5.67. The molecule has 3 fully saturated rings. The Morgan fingerprint density at radius 3 is 2.57 bits per heavy atom. The standard InChI is InChI=1S/C20H34O3/c1-19(2,3)23-17-8-7-16-15-6-5-13(12-18(21)22)11-14(15)9-10-20(16,17)4/h13-17H,5-12H2,1-4H3,(H,21,22)/t13-,14+,15+,16-,17-,20-/m0/s1. The van der Waals surface area contributed by atoms with Crippen LogP contribution in [0.2, 0.25) is 0 Å². The van der Waals surface area contributed by atoms with Crippen LogP contribution in [0.25, 0.3) is 0 Å². The van der Waals surface area contributed by atoms with E-state index >= 15 is 0 Å². The van der Waals surface area contributed by atoms with E-state index in [1.807, 2.05) is 0 Å². The van der Waals surface area contributed by atoms with Gasteiger partial charge in [0.1, 0.15) is 0 Å². The summed E-state index contributed by atoms with van der Waals surface area (Å²) in [6.07, 6.45) is 9.34. The molecular weight excluding hydrogens is 288 g/mol. The van der Waals surface area contributed by atoms with E-state index in [1.165, 1.54) is 32.1 Å². The van der Waals surface area contributed by atoms with Crippen LogP contribution < -0.4 is 0 Å². The van der Waals surface area contributed by atoms with Crippen molar-refractivity contribution in [2.24, 2.45) is 29.1 Å². The van der Waals surface area contributed by atoms with E-state index in [0.717, 1.165) is 30.6 Å². The summed E-state index contributed by atoms with van der Waals surface area (Å²) < 4.78 is 6.45. The second kappa shape index (κ2) is 6.06. The number of rotatable bonds is 3. The molecule has 6 atom stereocenters. The highest BCUT2D eigenvalue weighted by Crippen LogP contribution is 2.61. The van der Waals surface area contributed by atoms with Gasteiger partial charge in [-0.25, -0.2) is 0 Å². The normalized spacial score (nSPS) is 43.7. The smallest absolute Gasteiger partial charge is 0.303 e. The Balaban J connectivity index is 1.68. The van der Waals surface area contributed by atoms with Crippen LogP contribution in [0.1, 0.15) is 79.1 Å². The van der Waals surface area contributed by atoms with E-state index in [4.69, 9.17) is 9.84 Å². The van der Waals surface area contributed by atoms with E-state index in [1.54, 1.807) is 0 Å². The molecule has 132 valence electrons. The van der Waals surface area contributed by atoms with Gasteiger partial charge in [0.2, 0.25) is 0 Å². The van der Waals surface area contributed by atoms with Crippen molar-refractivity contribution in [3.05, 3.63) is 0 Å². The molecule has 23 heavy (non-hydrogen) atoms. The van der Waals surface area contributed by atoms with Crippen molar-refractivity contribution < 1.29 is 14.6 Å². The molecule has 0 heterocycles. The second-order valence-electron chi connectivity index (χ2n) is 9.65. The topological polar surface area (TPSA) is 46.5 Å². The van der Waals surface area contributed by atoms with Gasteiger partial charge in [-0.2, -0.15) is 0 Å². The van der Waals surface area contributed by atoms with Crippen LogP contribution in [0.4, 0.5) is 0 Å². The fraction of sp³-hybridized carbons (Fsp3) is 0.950. The van der Waals surface area contributed by atoms with Crippen LogP contribution in [0, 0.1) is 29.1 Å². The molecule has 1 N–H and O–H groups in total. The molecule has 0 aromatic heterocycles. The van der Waals surface area contributed by atoms with Crippen molar-refractivity contribution in [2.45, 2.75) is 90.8 Å². The Labute approximate surface area is 141 Å². The van der Waals surface area contributed by atoms with Crippen LogP contribution in [0.5, 0.6) is 0 Å². The van der Waals surface area contributed by atoms with Gasteiger partial charge in [-0.05, 0) is 94.8 Å². The van der Waals surface area contributed by atoms with Crippen molar-refractivity contribution in [3.63, 3.8) is 0 Å². The van der Waals surface area contributed by atoms with E-state index in [2.05, 4.69) is 27.7 Å². The maximum absolute atomic E-state index is 11.0. The summed E-state index contributed by atoms with van der Waals surface area (Å²) in [6.45, 7) is 8.99. The van der Waals surface area contributed by atoms with E-state index in [-0.39, 0.29) is 5.60 Å². The molecule has 0 bridgehead atoms. The van der Waals surface area contributed by atoms with Crippen molar-refractivity contribution >= 4 is 5.97 Å². The fourth-order valence-corrected chi connectivity index (χ4v) is 6.07. The van der Waals surface area contributed by atoms with Crippen molar-refractivity contribution in [1.29, 1.82) is 0 Å². The lowest BCUT2D eigenvalue weighted by molar-refractivity contribution is -0.140. The van der Waals surface area contributed by atoms with Gasteiger partial charge in [-0.3, -0.25) is 4.79 Å². The Kier molecular flexibility index (Phi) is 4.54. The lowest BCUT2D eigenvalue weighted by atomic mass is 9.55. The van der Waals surface area contributed by atoms with E-state index in [0.29, 0.717) is 23.9 Å². The largest absolute Gasteiger partial charge is 0.481 e. The third-order valence-corrected chi connectivity index (χ3v) is 7.00. The maximum atomic E-state index is 11.0. The highest BCUT2D eigenvalue weighted by atomic mass is 16.5. The molecule has 0 aromatic rings. The summed E-state index contributed by atoms with van der Waals surface area (Å²) in [5.74, 6) is 2.17. The van der Waals surface area contributed by atoms with Crippen LogP contribution >= 0.6 is 0 Å². The zero-order valence-corrected chi connectivity index (χ0v) is 15.3. The molecule has 0 saturated heterocycles. The molecule has 3 nitrogen and oxygen atoms in total. The molecule has 0 unspecified atom stereocenters. The number of hydrogen-bond acceptors (Lipinski definition) is 2. The van der Waals surface area contributed by atoms with Crippen molar-refractivity contribution in [1.82, 2.24) is 0 Å². The van der Waals surface area contributed by atoms with Crippen LogP contribution in [0.3, 0.4) is 0 Å². The Bertz CT molecular complexity index is 452. The molecule has 3 aliphatic carbocycles. The third-order valence-electron chi connectivity index (χ3n) is 7.00. The molecule has 0 spiro atoms.